The number of allylic oxidation sites excluding steroid dienone is 3. The first-order valence-electron chi connectivity index (χ1n) is 6.18. The van der Waals surface area contributed by atoms with E-state index in [1.54, 1.807) is 5.70 Å². The van der Waals surface area contributed by atoms with Crippen molar-refractivity contribution in [2.24, 2.45) is 0 Å². The number of rotatable bonds is 4. The monoisotopic (exact) mass is 208 g/mol. The fraction of sp³-hybridized carbons (Fsp3) is 0.714. The molecule has 0 bridgehead atoms. The molecule has 1 rings (SSSR count). The van der Waals surface area contributed by atoms with E-state index in [0.717, 1.165) is 10.9 Å². The van der Waals surface area contributed by atoms with Gasteiger partial charge >= 0.3 is 0 Å². The molecule has 0 aromatic carbocycles. The van der Waals surface area contributed by atoms with E-state index in [0.29, 0.717) is 18.1 Å². The lowest BCUT2D eigenvalue weighted by molar-refractivity contribution is -0.952. The van der Waals surface area contributed by atoms with Gasteiger partial charge in [0.25, 0.3) is 0 Å². The smallest absolute Gasteiger partial charge is 0.113 e. The minimum atomic E-state index is 0.649. The lowest BCUT2D eigenvalue weighted by atomic mass is 10.0. The summed E-state index contributed by atoms with van der Waals surface area (Å²) >= 11 is 0. The number of hydrogen-bond acceptors (Lipinski definition) is 0. The first-order chi connectivity index (χ1) is 6.94. The van der Waals surface area contributed by atoms with E-state index in [-0.39, 0.29) is 0 Å². The summed E-state index contributed by atoms with van der Waals surface area (Å²) in [6.07, 6.45) is 7.93. The Kier molecular flexibility index (Phi) is 3.77. The van der Waals surface area contributed by atoms with E-state index in [9.17, 15) is 0 Å². The normalized spacial score (nSPS) is 17.0. The molecule has 0 aliphatic heterocycles. The van der Waals surface area contributed by atoms with Gasteiger partial charge in [-0.1, -0.05) is 12.2 Å². The number of nitrogens with zero attached hydrogens (tertiary/aromatic N) is 1. The maximum atomic E-state index is 2.35. The van der Waals surface area contributed by atoms with Crippen molar-refractivity contribution in [2.45, 2.75) is 66.1 Å². The summed E-state index contributed by atoms with van der Waals surface area (Å²) in [4.78, 5) is 0. The van der Waals surface area contributed by atoms with E-state index in [4.69, 9.17) is 0 Å². The van der Waals surface area contributed by atoms with E-state index < -0.39 is 0 Å². The Bertz CT molecular complexity index is 247. The molecule has 0 saturated carbocycles. The zero-order valence-corrected chi connectivity index (χ0v) is 11.1. The molecule has 0 heterocycles. The third-order valence-electron chi connectivity index (χ3n) is 3.81. The van der Waals surface area contributed by atoms with Crippen LogP contribution in [0.15, 0.2) is 23.9 Å². The second-order valence-corrected chi connectivity index (χ2v) is 5.41. The highest BCUT2D eigenvalue weighted by Gasteiger charge is 2.41. The van der Waals surface area contributed by atoms with Gasteiger partial charge in [0.05, 0.1) is 18.1 Å². The van der Waals surface area contributed by atoms with Gasteiger partial charge in [-0.2, -0.15) is 0 Å². The Hall–Kier alpha value is -0.560. The minimum Gasteiger partial charge on any atom is -0.289 e. The van der Waals surface area contributed by atoms with Crippen LogP contribution in [-0.2, 0) is 0 Å². The molecule has 0 fully saturated rings. The second kappa shape index (κ2) is 4.52. The van der Waals surface area contributed by atoms with Gasteiger partial charge in [0.15, 0.2) is 0 Å². The number of quaternary nitrogens is 1. The van der Waals surface area contributed by atoms with Gasteiger partial charge in [-0.25, -0.2) is 0 Å². The molecular weight excluding hydrogens is 182 g/mol. The van der Waals surface area contributed by atoms with Crippen molar-refractivity contribution in [3.05, 3.63) is 23.9 Å². The van der Waals surface area contributed by atoms with Crippen molar-refractivity contribution in [2.75, 3.05) is 0 Å². The molecule has 0 unspecified atom stereocenters. The van der Waals surface area contributed by atoms with Gasteiger partial charge < -0.3 is 0 Å². The molecule has 0 amide bonds. The van der Waals surface area contributed by atoms with Crippen LogP contribution in [0.5, 0.6) is 0 Å². The molecule has 86 valence electrons. The highest BCUT2D eigenvalue weighted by Crippen LogP contribution is 2.35. The van der Waals surface area contributed by atoms with Crippen molar-refractivity contribution >= 4 is 0 Å². The van der Waals surface area contributed by atoms with Gasteiger partial charge in [-0.05, 0) is 47.6 Å². The standard InChI is InChI=1S/C14H26N/c1-11(2)15(12(3)4,13(5)6)14-9-7-8-10-14/h7-9,11-13H,10H2,1-6H3/q+1. The van der Waals surface area contributed by atoms with E-state index >= 15 is 0 Å². The Morgan fingerprint density at radius 1 is 0.933 bits per heavy atom. The predicted octanol–water partition coefficient (Wildman–Crippen LogP) is 3.87. The van der Waals surface area contributed by atoms with Crippen molar-refractivity contribution < 1.29 is 4.48 Å². The van der Waals surface area contributed by atoms with Crippen LogP contribution in [0.4, 0.5) is 0 Å². The molecule has 0 spiro atoms. The maximum absolute atomic E-state index is 2.35. The molecule has 0 aromatic rings. The SMILES string of the molecule is CC(C)[N+](C1=CC=CC1)(C(C)C)C(C)C. The van der Waals surface area contributed by atoms with Gasteiger partial charge in [-0.3, -0.25) is 4.48 Å². The summed E-state index contributed by atoms with van der Waals surface area (Å²) in [5.74, 6) is 0. The molecule has 1 aliphatic rings. The summed E-state index contributed by atoms with van der Waals surface area (Å²) in [6, 6.07) is 1.95. The minimum absolute atomic E-state index is 0.649. The molecule has 0 saturated heterocycles. The largest absolute Gasteiger partial charge is 0.289 e. The summed E-state index contributed by atoms with van der Waals surface area (Å²) in [5, 5.41) is 0. The fourth-order valence-corrected chi connectivity index (χ4v) is 3.51. The third-order valence-corrected chi connectivity index (χ3v) is 3.81. The van der Waals surface area contributed by atoms with E-state index in [2.05, 4.69) is 59.8 Å². The lowest BCUT2D eigenvalue weighted by Crippen LogP contribution is -2.60. The van der Waals surface area contributed by atoms with Crippen molar-refractivity contribution in [3.63, 3.8) is 0 Å². The molecule has 0 N–H and O–H groups in total. The third kappa shape index (κ3) is 1.90. The van der Waals surface area contributed by atoms with Crippen molar-refractivity contribution in [1.82, 2.24) is 0 Å². The van der Waals surface area contributed by atoms with Crippen LogP contribution in [-0.4, -0.2) is 22.6 Å². The van der Waals surface area contributed by atoms with Crippen LogP contribution in [0.25, 0.3) is 0 Å². The Morgan fingerprint density at radius 2 is 1.40 bits per heavy atom. The molecule has 1 nitrogen and oxygen atoms in total. The van der Waals surface area contributed by atoms with Gasteiger partial charge in [0.1, 0.15) is 5.70 Å². The van der Waals surface area contributed by atoms with Crippen LogP contribution in [0.1, 0.15) is 48.0 Å². The summed E-state index contributed by atoms with van der Waals surface area (Å²) in [6.45, 7) is 14.1. The Labute approximate surface area is 95.1 Å². The second-order valence-electron chi connectivity index (χ2n) is 5.41. The van der Waals surface area contributed by atoms with Crippen LogP contribution in [0.2, 0.25) is 0 Å². The topological polar surface area (TPSA) is 0 Å². The quantitative estimate of drug-likeness (QED) is 0.615. The summed E-state index contributed by atoms with van der Waals surface area (Å²) in [5.41, 5.74) is 1.58. The first kappa shape index (κ1) is 12.5. The van der Waals surface area contributed by atoms with Gasteiger partial charge in [0.2, 0.25) is 0 Å². The Balaban J connectivity index is 3.14. The van der Waals surface area contributed by atoms with Crippen molar-refractivity contribution in [3.8, 4) is 0 Å². The molecule has 0 aromatic heterocycles. The van der Waals surface area contributed by atoms with Crippen LogP contribution >= 0.6 is 0 Å². The zero-order valence-electron chi connectivity index (χ0n) is 11.1. The first-order valence-corrected chi connectivity index (χ1v) is 6.18. The fourth-order valence-electron chi connectivity index (χ4n) is 3.51. The van der Waals surface area contributed by atoms with E-state index in [1.807, 2.05) is 0 Å². The highest BCUT2D eigenvalue weighted by molar-refractivity contribution is 5.19. The maximum Gasteiger partial charge on any atom is 0.113 e. The zero-order chi connectivity index (χ0) is 11.6. The summed E-state index contributed by atoms with van der Waals surface area (Å²) in [7, 11) is 0. The van der Waals surface area contributed by atoms with Gasteiger partial charge in [-0.15, -0.1) is 0 Å². The van der Waals surface area contributed by atoms with E-state index in [1.165, 1.54) is 0 Å². The molecule has 1 heteroatoms. The predicted molar refractivity (Wildman–Crippen MR) is 67.5 cm³/mol. The average molecular weight is 208 g/mol. The number of hydrogen-bond donors (Lipinski definition) is 0. The van der Waals surface area contributed by atoms with Crippen molar-refractivity contribution in [1.29, 1.82) is 0 Å². The Morgan fingerprint density at radius 3 is 1.67 bits per heavy atom. The molecule has 0 atom stereocenters. The van der Waals surface area contributed by atoms with Crippen LogP contribution < -0.4 is 0 Å². The average Bonchev–Trinajstić information content (AvgIpc) is 2.55. The molecule has 15 heavy (non-hydrogen) atoms. The lowest BCUT2D eigenvalue weighted by Gasteiger charge is -2.49. The molecule has 0 radical (unpaired) electrons. The summed E-state index contributed by atoms with van der Waals surface area (Å²) < 4.78 is 1.13. The van der Waals surface area contributed by atoms with Gasteiger partial charge in [0, 0.05) is 6.42 Å². The highest BCUT2D eigenvalue weighted by atomic mass is 15.4. The van der Waals surface area contributed by atoms with Crippen LogP contribution in [0.3, 0.4) is 0 Å². The molecular formula is C14H26N+. The van der Waals surface area contributed by atoms with Crippen LogP contribution in [0, 0.1) is 0 Å². The molecule has 1 aliphatic carbocycles.